The maximum absolute atomic E-state index is 13.9. The van der Waals surface area contributed by atoms with Crippen molar-refractivity contribution < 1.29 is 18.7 Å². The molecule has 1 aliphatic rings. The van der Waals surface area contributed by atoms with Crippen LogP contribution in [-0.4, -0.2) is 13.0 Å². The predicted molar refractivity (Wildman–Crippen MR) is 74.9 cm³/mol. The number of hydrogen-bond donors (Lipinski definition) is 1. The Morgan fingerprint density at radius 1 is 1.19 bits per heavy atom. The fraction of sp³-hybridized carbons (Fsp3) is 0.188. The normalized spacial score (nSPS) is 12.8. The van der Waals surface area contributed by atoms with Crippen LogP contribution in [0.15, 0.2) is 36.4 Å². The van der Waals surface area contributed by atoms with Gasteiger partial charge in [-0.05, 0) is 29.3 Å². The van der Waals surface area contributed by atoms with Gasteiger partial charge in [-0.3, -0.25) is 4.79 Å². The summed E-state index contributed by atoms with van der Waals surface area (Å²) in [7, 11) is 1.61. The molecule has 108 valence electrons. The van der Waals surface area contributed by atoms with Crippen molar-refractivity contribution in [2.75, 3.05) is 7.11 Å². The van der Waals surface area contributed by atoms with Crippen molar-refractivity contribution in [3.8, 4) is 11.5 Å². The van der Waals surface area contributed by atoms with Crippen molar-refractivity contribution in [3.05, 3.63) is 58.9 Å². The number of ether oxygens (including phenoxy) is 2. The van der Waals surface area contributed by atoms with Crippen LogP contribution < -0.4 is 14.8 Å². The zero-order valence-electron chi connectivity index (χ0n) is 11.5. The van der Waals surface area contributed by atoms with Crippen molar-refractivity contribution in [2.45, 2.75) is 13.2 Å². The van der Waals surface area contributed by atoms with Crippen LogP contribution in [0, 0.1) is 5.82 Å². The highest BCUT2D eigenvalue weighted by atomic mass is 19.1. The molecule has 0 unspecified atom stereocenters. The Labute approximate surface area is 121 Å². The minimum atomic E-state index is -0.549. The third-order valence-corrected chi connectivity index (χ3v) is 3.38. The molecule has 0 saturated heterocycles. The van der Waals surface area contributed by atoms with E-state index in [0.717, 1.165) is 11.3 Å². The fourth-order valence-electron chi connectivity index (χ4n) is 2.27. The summed E-state index contributed by atoms with van der Waals surface area (Å²) in [6.07, 6.45) is 0. The van der Waals surface area contributed by atoms with Gasteiger partial charge in [0.05, 0.1) is 12.7 Å². The standard InChI is InChI=1S/C16H14FNO3/c1-20-12-4-2-10(3-5-12)9-21-13-6-11-8-18-16(19)15(11)14(17)7-13/h2-7H,8-9H2,1H3,(H,18,19). The van der Waals surface area contributed by atoms with Gasteiger partial charge in [-0.15, -0.1) is 0 Å². The van der Waals surface area contributed by atoms with Gasteiger partial charge in [-0.1, -0.05) is 12.1 Å². The molecular formula is C16H14FNO3. The van der Waals surface area contributed by atoms with E-state index in [2.05, 4.69) is 5.32 Å². The first-order chi connectivity index (χ1) is 10.2. The molecule has 21 heavy (non-hydrogen) atoms. The second kappa shape index (κ2) is 5.44. The lowest BCUT2D eigenvalue weighted by molar-refractivity contribution is 0.0962. The number of benzene rings is 2. The summed E-state index contributed by atoms with van der Waals surface area (Å²) in [4.78, 5) is 11.4. The zero-order valence-corrected chi connectivity index (χ0v) is 11.5. The Bertz CT molecular complexity index is 683. The van der Waals surface area contributed by atoms with Crippen LogP contribution in [0.25, 0.3) is 0 Å². The molecule has 1 N–H and O–H groups in total. The van der Waals surface area contributed by atoms with E-state index < -0.39 is 5.82 Å². The Morgan fingerprint density at radius 2 is 1.95 bits per heavy atom. The van der Waals surface area contributed by atoms with Crippen LogP contribution >= 0.6 is 0 Å². The summed E-state index contributed by atoms with van der Waals surface area (Å²) in [6.45, 7) is 0.661. The monoisotopic (exact) mass is 287 g/mol. The number of rotatable bonds is 4. The molecule has 1 heterocycles. The smallest absolute Gasteiger partial charge is 0.254 e. The average molecular weight is 287 g/mol. The van der Waals surface area contributed by atoms with E-state index in [4.69, 9.17) is 9.47 Å². The molecular weight excluding hydrogens is 273 g/mol. The van der Waals surface area contributed by atoms with E-state index in [0.29, 0.717) is 24.5 Å². The molecule has 2 aromatic carbocycles. The number of nitrogens with one attached hydrogen (secondary N) is 1. The molecule has 4 nitrogen and oxygen atoms in total. The summed E-state index contributed by atoms with van der Waals surface area (Å²) in [5.74, 6) is 0.266. The summed E-state index contributed by atoms with van der Waals surface area (Å²) in [5.41, 5.74) is 1.70. The molecule has 1 aliphatic heterocycles. The molecule has 0 fully saturated rings. The summed E-state index contributed by atoms with van der Waals surface area (Å²) >= 11 is 0. The van der Waals surface area contributed by atoms with Gasteiger partial charge < -0.3 is 14.8 Å². The molecule has 0 aliphatic carbocycles. The van der Waals surface area contributed by atoms with Crippen LogP contribution in [0.2, 0.25) is 0 Å². The molecule has 0 aromatic heterocycles. The quantitative estimate of drug-likeness (QED) is 0.940. The van der Waals surface area contributed by atoms with Crippen LogP contribution in [0.3, 0.4) is 0 Å². The summed E-state index contributed by atoms with van der Waals surface area (Å²) in [5, 5.41) is 2.59. The maximum Gasteiger partial charge on any atom is 0.254 e. The SMILES string of the molecule is COc1ccc(COc2cc(F)c3c(c2)CNC3=O)cc1. The Morgan fingerprint density at radius 3 is 2.67 bits per heavy atom. The van der Waals surface area contributed by atoms with Gasteiger partial charge in [0.15, 0.2) is 0 Å². The van der Waals surface area contributed by atoms with Gasteiger partial charge in [0.2, 0.25) is 0 Å². The number of hydrogen-bond acceptors (Lipinski definition) is 3. The summed E-state index contributed by atoms with van der Waals surface area (Å²) < 4.78 is 24.5. The predicted octanol–water partition coefficient (Wildman–Crippen LogP) is 2.66. The molecule has 0 spiro atoms. The zero-order chi connectivity index (χ0) is 14.8. The Balaban J connectivity index is 1.73. The van der Waals surface area contributed by atoms with E-state index in [-0.39, 0.29) is 11.5 Å². The highest BCUT2D eigenvalue weighted by molar-refractivity contribution is 5.98. The topological polar surface area (TPSA) is 47.6 Å². The third-order valence-electron chi connectivity index (χ3n) is 3.38. The highest BCUT2D eigenvalue weighted by Crippen LogP contribution is 2.26. The first-order valence-electron chi connectivity index (χ1n) is 6.54. The number of fused-ring (bicyclic) bond motifs is 1. The lowest BCUT2D eigenvalue weighted by Crippen LogP contribution is -2.13. The van der Waals surface area contributed by atoms with Crippen LogP contribution in [0.1, 0.15) is 21.5 Å². The van der Waals surface area contributed by atoms with Crippen molar-refractivity contribution in [1.29, 1.82) is 0 Å². The van der Waals surface area contributed by atoms with Gasteiger partial charge in [0.25, 0.3) is 5.91 Å². The fourth-order valence-corrected chi connectivity index (χ4v) is 2.27. The van der Waals surface area contributed by atoms with Gasteiger partial charge in [-0.25, -0.2) is 4.39 Å². The van der Waals surface area contributed by atoms with Crippen molar-refractivity contribution in [2.24, 2.45) is 0 Å². The molecule has 2 aromatic rings. The highest BCUT2D eigenvalue weighted by Gasteiger charge is 2.24. The van der Waals surface area contributed by atoms with Gasteiger partial charge >= 0.3 is 0 Å². The first kappa shape index (κ1) is 13.4. The minimum absolute atomic E-state index is 0.117. The van der Waals surface area contributed by atoms with E-state index in [1.165, 1.54) is 6.07 Å². The minimum Gasteiger partial charge on any atom is -0.497 e. The van der Waals surface area contributed by atoms with Crippen LogP contribution in [0.4, 0.5) is 4.39 Å². The molecule has 0 radical (unpaired) electrons. The van der Waals surface area contributed by atoms with E-state index >= 15 is 0 Å². The first-order valence-corrected chi connectivity index (χ1v) is 6.54. The van der Waals surface area contributed by atoms with E-state index in [1.54, 1.807) is 13.2 Å². The molecule has 5 heteroatoms. The largest absolute Gasteiger partial charge is 0.497 e. The molecule has 0 bridgehead atoms. The molecule has 0 atom stereocenters. The second-order valence-electron chi connectivity index (χ2n) is 4.76. The lowest BCUT2D eigenvalue weighted by atomic mass is 10.1. The maximum atomic E-state index is 13.9. The Hall–Kier alpha value is -2.56. The van der Waals surface area contributed by atoms with Crippen molar-refractivity contribution in [1.82, 2.24) is 5.32 Å². The molecule has 1 amide bonds. The van der Waals surface area contributed by atoms with Crippen LogP contribution in [-0.2, 0) is 13.2 Å². The number of carbonyl (C=O) groups is 1. The second-order valence-corrected chi connectivity index (χ2v) is 4.76. The van der Waals surface area contributed by atoms with Crippen molar-refractivity contribution >= 4 is 5.91 Å². The van der Waals surface area contributed by atoms with E-state index in [1.807, 2.05) is 24.3 Å². The summed E-state index contributed by atoms with van der Waals surface area (Å²) in [6, 6.07) is 10.4. The van der Waals surface area contributed by atoms with Gasteiger partial charge in [0, 0.05) is 12.6 Å². The third kappa shape index (κ3) is 2.67. The van der Waals surface area contributed by atoms with Gasteiger partial charge in [0.1, 0.15) is 23.9 Å². The number of carbonyl (C=O) groups excluding carboxylic acids is 1. The Kier molecular flexibility index (Phi) is 3.48. The molecule has 0 saturated carbocycles. The van der Waals surface area contributed by atoms with E-state index in [9.17, 15) is 9.18 Å². The molecule has 3 rings (SSSR count). The lowest BCUT2D eigenvalue weighted by Gasteiger charge is -2.09. The van der Waals surface area contributed by atoms with Gasteiger partial charge in [-0.2, -0.15) is 0 Å². The number of methoxy groups -OCH3 is 1. The van der Waals surface area contributed by atoms with Crippen LogP contribution in [0.5, 0.6) is 11.5 Å². The number of amides is 1. The average Bonchev–Trinajstić information content (AvgIpc) is 2.87. The van der Waals surface area contributed by atoms with Crippen molar-refractivity contribution in [3.63, 3.8) is 0 Å². The number of halogens is 1.